The third-order valence-electron chi connectivity index (χ3n) is 6.56. The second kappa shape index (κ2) is 9.77. The molecule has 0 fully saturated rings. The van der Waals surface area contributed by atoms with Crippen LogP contribution in [0.1, 0.15) is 40.7 Å². The van der Waals surface area contributed by atoms with Crippen molar-refractivity contribution in [2.45, 2.75) is 25.7 Å². The summed E-state index contributed by atoms with van der Waals surface area (Å²) < 4.78 is 5.82. The van der Waals surface area contributed by atoms with E-state index in [9.17, 15) is 20.1 Å². The van der Waals surface area contributed by atoms with Crippen LogP contribution in [0, 0.1) is 5.92 Å². The molecule has 0 heterocycles. The Labute approximate surface area is 200 Å². The first kappa shape index (κ1) is 23.6. The number of fused-ring (bicyclic) bond motifs is 1. The highest BCUT2D eigenvalue weighted by Crippen LogP contribution is 2.47. The van der Waals surface area contributed by atoms with Crippen LogP contribution in [-0.4, -0.2) is 53.2 Å². The van der Waals surface area contributed by atoms with Gasteiger partial charge in [-0.2, -0.15) is 0 Å². The predicted octanol–water partition coefficient (Wildman–Crippen LogP) is 4.96. The molecule has 6 heteroatoms. The fraction of sp³-hybridized carbons (Fsp3) is 0.321. The first-order valence-electron chi connectivity index (χ1n) is 11.5. The second-order valence-corrected chi connectivity index (χ2v) is 9.23. The summed E-state index contributed by atoms with van der Waals surface area (Å²) in [7, 11) is 4.05. The smallest absolute Gasteiger partial charge is 0.170 e. The van der Waals surface area contributed by atoms with Crippen molar-refractivity contribution in [3.8, 4) is 34.1 Å². The molecule has 0 amide bonds. The number of carbonyl (C=O) groups excluding carboxylic acids is 1. The molecule has 0 radical (unpaired) electrons. The van der Waals surface area contributed by atoms with Crippen molar-refractivity contribution in [2.75, 3.05) is 27.2 Å². The summed E-state index contributed by atoms with van der Waals surface area (Å²) >= 11 is 0. The zero-order chi connectivity index (χ0) is 24.4. The molecule has 2 atom stereocenters. The van der Waals surface area contributed by atoms with Crippen LogP contribution >= 0.6 is 0 Å². The lowest BCUT2D eigenvalue weighted by molar-refractivity contribution is 0.0895. The first-order valence-corrected chi connectivity index (χ1v) is 11.5. The van der Waals surface area contributed by atoms with Crippen molar-refractivity contribution >= 4 is 5.78 Å². The summed E-state index contributed by atoms with van der Waals surface area (Å²) in [6, 6.07) is 15.6. The molecule has 34 heavy (non-hydrogen) atoms. The van der Waals surface area contributed by atoms with E-state index in [2.05, 4.69) is 4.90 Å². The first-order chi connectivity index (χ1) is 16.3. The van der Waals surface area contributed by atoms with Crippen molar-refractivity contribution in [3.05, 3.63) is 71.3 Å². The summed E-state index contributed by atoms with van der Waals surface area (Å²) in [5.41, 5.74) is 3.15. The lowest BCUT2D eigenvalue weighted by atomic mass is 9.70. The van der Waals surface area contributed by atoms with Crippen LogP contribution in [0.5, 0.6) is 23.0 Å². The summed E-state index contributed by atoms with van der Waals surface area (Å²) in [5, 5.41) is 31.0. The predicted molar refractivity (Wildman–Crippen MR) is 132 cm³/mol. The molecule has 3 aromatic carbocycles. The molecule has 4 rings (SSSR count). The van der Waals surface area contributed by atoms with E-state index in [1.165, 1.54) is 6.07 Å². The van der Waals surface area contributed by atoms with Gasteiger partial charge in [-0.15, -0.1) is 0 Å². The molecule has 6 nitrogen and oxygen atoms in total. The van der Waals surface area contributed by atoms with Gasteiger partial charge in [0.1, 0.15) is 23.0 Å². The van der Waals surface area contributed by atoms with E-state index in [4.69, 9.17) is 4.74 Å². The average Bonchev–Trinajstić information content (AvgIpc) is 2.80. The minimum absolute atomic E-state index is 0.0669. The number of hydrogen-bond acceptors (Lipinski definition) is 6. The highest BCUT2D eigenvalue weighted by Gasteiger charge is 2.37. The number of hydrogen-bond donors (Lipinski definition) is 3. The summed E-state index contributed by atoms with van der Waals surface area (Å²) in [6.45, 7) is 3.41. The maximum Gasteiger partial charge on any atom is 0.170 e. The Balaban J connectivity index is 1.68. The molecular weight excluding hydrogens is 430 g/mol. The Morgan fingerprint density at radius 2 is 1.59 bits per heavy atom. The van der Waals surface area contributed by atoms with Crippen LogP contribution in [0.3, 0.4) is 0 Å². The lowest BCUT2D eigenvalue weighted by Gasteiger charge is -2.32. The van der Waals surface area contributed by atoms with E-state index in [0.717, 1.165) is 29.8 Å². The van der Waals surface area contributed by atoms with Crippen molar-refractivity contribution in [1.29, 1.82) is 0 Å². The van der Waals surface area contributed by atoms with Gasteiger partial charge in [-0.3, -0.25) is 4.79 Å². The number of phenolic OH excluding ortho intramolecular Hbond substituents is 3. The molecule has 3 N–H and O–H groups in total. The van der Waals surface area contributed by atoms with Gasteiger partial charge in [0.05, 0.1) is 12.2 Å². The number of carbonyl (C=O) groups is 1. The molecular formula is C28H31NO5. The Morgan fingerprint density at radius 1 is 0.941 bits per heavy atom. The highest BCUT2D eigenvalue weighted by atomic mass is 16.5. The number of ether oxygens (including phenoxy) is 1. The maximum atomic E-state index is 13.3. The van der Waals surface area contributed by atoms with Gasteiger partial charge in [0.2, 0.25) is 0 Å². The number of aromatic hydroxyl groups is 3. The lowest BCUT2D eigenvalue weighted by Crippen LogP contribution is -2.28. The number of ketones is 1. The topological polar surface area (TPSA) is 90.2 Å². The summed E-state index contributed by atoms with van der Waals surface area (Å²) in [6.07, 6.45) is 1.40. The zero-order valence-corrected chi connectivity index (χ0v) is 19.8. The van der Waals surface area contributed by atoms with Gasteiger partial charge in [0.25, 0.3) is 0 Å². The largest absolute Gasteiger partial charge is 0.508 e. The van der Waals surface area contributed by atoms with Gasteiger partial charge in [0, 0.05) is 24.1 Å². The normalized spacial score (nSPS) is 17.6. The van der Waals surface area contributed by atoms with Gasteiger partial charge in [-0.05, 0) is 73.8 Å². The molecule has 0 bridgehead atoms. The molecule has 3 aromatic rings. The Bertz CT molecular complexity index is 1170. The molecule has 1 aliphatic carbocycles. The van der Waals surface area contributed by atoms with Crippen LogP contribution in [0.4, 0.5) is 0 Å². The average molecular weight is 462 g/mol. The van der Waals surface area contributed by atoms with Gasteiger partial charge in [-0.1, -0.05) is 31.2 Å². The number of phenols is 3. The molecule has 1 aliphatic rings. The fourth-order valence-electron chi connectivity index (χ4n) is 4.73. The van der Waals surface area contributed by atoms with E-state index in [0.29, 0.717) is 24.2 Å². The van der Waals surface area contributed by atoms with Gasteiger partial charge in [0.15, 0.2) is 5.78 Å². The molecule has 2 unspecified atom stereocenters. The number of nitrogens with zero attached hydrogens (tertiary/aromatic N) is 1. The van der Waals surface area contributed by atoms with Crippen molar-refractivity contribution < 1.29 is 24.9 Å². The molecule has 0 aliphatic heterocycles. The van der Waals surface area contributed by atoms with E-state index in [1.807, 2.05) is 57.4 Å². The molecule has 178 valence electrons. The number of Topliss-reactive ketones (excluding diaryl/α,β-unsaturated/α-hetero) is 1. The maximum absolute atomic E-state index is 13.3. The van der Waals surface area contributed by atoms with Crippen LogP contribution in [-0.2, 0) is 6.42 Å². The van der Waals surface area contributed by atoms with Crippen LogP contribution in [0.2, 0.25) is 0 Å². The van der Waals surface area contributed by atoms with Gasteiger partial charge < -0.3 is 25.0 Å². The minimum Gasteiger partial charge on any atom is -0.508 e. The Morgan fingerprint density at radius 3 is 2.24 bits per heavy atom. The number of rotatable bonds is 7. The summed E-state index contributed by atoms with van der Waals surface area (Å²) in [4.78, 5) is 15.4. The SMILES string of the molecule is CC1C(=O)c2c(O)cc(O)c(-c3ccc(OCCCN(C)C)cc3)c2CC1c1ccc(O)cc1. The van der Waals surface area contributed by atoms with Gasteiger partial charge >= 0.3 is 0 Å². The van der Waals surface area contributed by atoms with Crippen LogP contribution in [0.15, 0.2) is 54.6 Å². The van der Waals surface area contributed by atoms with Crippen LogP contribution in [0.25, 0.3) is 11.1 Å². The van der Waals surface area contributed by atoms with E-state index >= 15 is 0 Å². The zero-order valence-electron chi connectivity index (χ0n) is 19.8. The fourth-order valence-corrected chi connectivity index (χ4v) is 4.73. The Hall–Kier alpha value is -3.51. The van der Waals surface area contributed by atoms with E-state index in [1.54, 1.807) is 12.1 Å². The quantitative estimate of drug-likeness (QED) is 0.431. The van der Waals surface area contributed by atoms with Crippen LogP contribution < -0.4 is 4.74 Å². The monoisotopic (exact) mass is 461 g/mol. The highest BCUT2D eigenvalue weighted by molar-refractivity contribution is 6.05. The van der Waals surface area contributed by atoms with E-state index < -0.39 is 0 Å². The molecule has 0 aromatic heterocycles. The third-order valence-corrected chi connectivity index (χ3v) is 6.56. The summed E-state index contributed by atoms with van der Waals surface area (Å²) in [5.74, 6) is -0.00175. The van der Waals surface area contributed by atoms with Gasteiger partial charge in [-0.25, -0.2) is 0 Å². The Kier molecular flexibility index (Phi) is 6.80. The molecule has 0 saturated carbocycles. The van der Waals surface area contributed by atoms with E-state index in [-0.39, 0.29) is 40.4 Å². The van der Waals surface area contributed by atoms with Crippen molar-refractivity contribution in [3.63, 3.8) is 0 Å². The third kappa shape index (κ3) is 4.73. The van der Waals surface area contributed by atoms with Crippen molar-refractivity contribution in [1.82, 2.24) is 4.90 Å². The standard InChI is InChI=1S/C28H31NO5/c1-17-22(18-5-9-20(30)10-6-18)15-23-26(24(31)16-25(32)27(23)28(17)33)19-7-11-21(12-8-19)34-14-4-13-29(2)3/h5-12,16-17,22,30-32H,4,13-15H2,1-3H3. The molecule has 0 spiro atoms. The second-order valence-electron chi connectivity index (χ2n) is 9.23. The number of benzene rings is 3. The molecule has 0 saturated heterocycles. The minimum atomic E-state index is -0.349. The van der Waals surface area contributed by atoms with Crippen molar-refractivity contribution in [2.24, 2.45) is 5.92 Å².